The summed E-state index contributed by atoms with van der Waals surface area (Å²) in [5.41, 5.74) is 0.352. The van der Waals surface area contributed by atoms with E-state index in [2.05, 4.69) is 5.10 Å². The summed E-state index contributed by atoms with van der Waals surface area (Å²) in [6, 6.07) is -0.437. The van der Waals surface area contributed by atoms with Crippen LogP contribution in [0.3, 0.4) is 0 Å². The van der Waals surface area contributed by atoms with Crippen LogP contribution in [-0.2, 0) is 9.53 Å². The summed E-state index contributed by atoms with van der Waals surface area (Å²) in [6.07, 6.45) is 2.92. The first-order chi connectivity index (χ1) is 7.97. The Bertz CT molecular complexity index is 412. The molecule has 0 radical (unpaired) electrons. The van der Waals surface area contributed by atoms with E-state index in [-0.39, 0.29) is 5.91 Å². The van der Waals surface area contributed by atoms with E-state index in [1.54, 1.807) is 27.9 Å². The Morgan fingerprint density at radius 2 is 2.18 bits per heavy atom. The second kappa shape index (κ2) is 5.47. The SMILES string of the molecule is CCOC(=O)c1cnn(C(C)C(=O)N(C)C)c1. The Labute approximate surface area is 100 Å². The van der Waals surface area contributed by atoms with Gasteiger partial charge >= 0.3 is 5.97 Å². The molecule has 0 aliphatic carbocycles. The predicted octanol–water partition coefficient (Wildman–Crippen LogP) is 0.709. The molecule has 0 N–H and O–H groups in total. The Morgan fingerprint density at radius 3 is 2.71 bits per heavy atom. The quantitative estimate of drug-likeness (QED) is 0.726. The minimum Gasteiger partial charge on any atom is -0.462 e. The number of nitrogens with zero attached hydrogens (tertiary/aromatic N) is 3. The molecule has 0 aliphatic heterocycles. The Morgan fingerprint density at radius 1 is 1.53 bits per heavy atom. The molecule has 17 heavy (non-hydrogen) atoms. The molecule has 0 spiro atoms. The van der Waals surface area contributed by atoms with E-state index in [4.69, 9.17) is 4.74 Å². The average molecular weight is 239 g/mol. The number of esters is 1. The number of amides is 1. The van der Waals surface area contributed by atoms with Crippen LogP contribution >= 0.6 is 0 Å². The summed E-state index contributed by atoms with van der Waals surface area (Å²) in [6.45, 7) is 3.78. The number of likely N-dealkylation sites (N-methyl/N-ethyl adjacent to an activating group) is 1. The fraction of sp³-hybridized carbons (Fsp3) is 0.545. The first kappa shape index (κ1) is 13.2. The number of carbonyl (C=O) groups is 2. The largest absolute Gasteiger partial charge is 0.462 e. The lowest BCUT2D eigenvalue weighted by Gasteiger charge is -2.16. The van der Waals surface area contributed by atoms with Gasteiger partial charge in [-0.15, -0.1) is 0 Å². The number of rotatable bonds is 4. The number of hydrogen-bond acceptors (Lipinski definition) is 4. The van der Waals surface area contributed by atoms with Crippen molar-refractivity contribution in [1.29, 1.82) is 0 Å². The van der Waals surface area contributed by atoms with E-state index in [0.717, 1.165) is 0 Å². The van der Waals surface area contributed by atoms with Crippen molar-refractivity contribution in [2.24, 2.45) is 0 Å². The average Bonchev–Trinajstić information content (AvgIpc) is 2.76. The third-order valence-corrected chi connectivity index (χ3v) is 2.31. The van der Waals surface area contributed by atoms with Gasteiger partial charge in [0.1, 0.15) is 6.04 Å². The van der Waals surface area contributed by atoms with Crippen LogP contribution in [0, 0.1) is 0 Å². The second-order valence-corrected chi connectivity index (χ2v) is 3.84. The van der Waals surface area contributed by atoms with Crippen molar-refractivity contribution in [3.05, 3.63) is 18.0 Å². The van der Waals surface area contributed by atoms with Crippen molar-refractivity contribution in [2.45, 2.75) is 19.9 Å². The smallest absolute Gasteiger partial charge is 0.341 e. The third-order valence-electron chi connectivity index (χ3n) is 2.31. The van der Waals surface area contributed by atoms with Crippen LogP contribution in [0.2, 0.25) is 0 Å². The van der Waals surface area contributed by atoms with Crippen LogP contribution in [0.1, 0.15) is 30.2 Å². The molecule has 94 valence electrons. The highest BCUT2D eigenvalue weighted by atomic mass is 16.5. The molecule has 0 aliphatic rings. The van der Waals surface area contributed by atoms with Crippen molar-refractivity contribution >= 4 is 11.9 Å². The molecule has 0 aromatic carbocycles. The van der Waals surface area contributed by atoms with Gasteiger partial charge in [0.2, 0.25) is 5.91 Å². The molecule has 1 aromatic rings. The van der Waals surface area contributed by atoms with Gasteiger partial charge in [0.15, 0.2) is 0 Å². The molecule has 1 aromatic heterocycles. The van der Waals surface area contributed by atoms with Gasteiger partial charge in [0.25, 0.3) is 0 Å². The van der Waals surface area contributed by atoms with Crippen LogP contribution in [-0.4, -0.2) is 47.3 Å². The molecule has 0 saturated carbocycles. The molecule has 1 rings (SSSR count). The molecular weight excluding hydrogens is 222 g/mol. The second-order valence-electron chi connectivity index (χ2n) is 3.84. The molecule has 6 nitrogen and oxygen atoms in total. The zero-order chi connectivity index (χ0) is 13.0. The zero-order valence-electron chi connectivity index (χ0n) is 10.5. The Hall–Kier alpha value is -1.85. The number of hydrogen-bond donors (Lipinski definition) is 0. The molecule has 0 saturated heterocycles. The highest BCUT2D eigenvalue weighted by Gasteiger charge is 2.19. The van der Waals surface area contributed by atoms with E-state index < -0.39 is 12.0 Å². The maximum atomic E-state index is 11.7. The van der Waals surface area contributed by atoms with E-state index >= 15 is 0 Å². The van der Waals surface area contributed by atoms with Crippen LogP contribution < -0.4 is 0 Å². The first-order valence-corrected chi connectivity index (χ1v) is 5.39. The molecular formula is C11H17N3O3. The van der Waals surface area contributed by atoms with Crippen LogP contribution in [0.5, 0.6) is 0 Å². The van der Waals surface area contributed by atoms with Gasteiger partial charge in [0, 0.05) is 20.3 Å². The van der Waals surface area contributed by atoms with Gasteiger partial charge in [-0.1, -0.05) is 0 Å². The maximum absolute atomic E-state index is 11.7. The maximum Gasteiger partial charge on any atom is 0.341 e. The first-order valence-electron chi connectivity index (χ1n) is 5.39. The van der Waals surface area contributed by atoms with Crippen molar-refractivity contribution in [3.8, 4) is 0 Å². The highest BCUT2D eigenvalue weighted by Crippen LogP contribution is 2.09. The number of carbonyl (C=O) groups excluding carboxylic acids is 2. The van der Waals surface area contributed by atoms with Crippen molar-refractivity contribution in [1.82, 2.24) is 14.7 Å². The molecule has 1 amide bonds. The molecule has 1 heterocycles. The Kier molecular flexibility index (Phi) is 4.25. The van der Waals surface area contributed by atoms with E-state index in [0.29, 0.717) is 12.2 Å². The third kappa shape index (κ3) is 3.05. The summed E-state index contributed by atoms with van der Waals surface area (Å²) in [5.74, 6) is -0.508. The summed E-state index contributed by atoms with van der Waals surface area (Å²) < 4.78 is 6.29. The fourth-order valence-corrected chi connectivity index (χ4v) is 1.36. The van der Waals surface area contributed by atoms with Crippen LogP contribution in [0.25, 0.3) is 0 Å². The standard InChI is InChI=1S/C11H17N3O3/c1-5-17-11(16)9-6-12-14(7-9)8(2)10(15)13(3)4/h6-8H,5H2,1-4H3. The minimum atomic E-state index is -0.437. The molecule has 1 atom stereocenters. The van der Waals surface area contributed by atoms with Gasteiger partial charge in [-0.2, -0.15) is 5.10 Å². The van der Waals surface area contributed by atoms with E-state index in [9.17, 15) is 9.59 Å². The summed E-state index contributed by atoms with van der Waals surface area (Å²) >= 11 is 0. The minimum absolute atomic E-state index is 0.0801. The normalized spacial score (nSPS) is 12.0. The topological polar surface area (TPSA) is 64.4 Å². The zero-order valence-corrected chi connectivity index (χ0v) is 10.5. The summed E-state index contributed by atoms with van der Waals surface area (Å²) in [7, 11) is 3.35. The van der Waals surface area contributed by atoms with E-state index in [1.807, 2.05) is 0 Å². The molecule has 0 fully saturated rings. The highest BCUT2D eigenvalue weighted by molar-refractivity contribution is 5.89. The fourth-order valence-electron chi connectivity index (χ4n) is 1.36. The van der Waals surface area contributed by atoms with Crippen molar-refractivity contribution < 1.29 is 14.3 Å². The predicted molar refractivity (Wildman–Crippen MR) is 61.6 cm³/mol. The molecule has 1 unspecified atom stereocenters. The summed E-state index contributed by atoms with van der Waals surface area (Å²) in [5, 5.41) is 3.99. The molecule has 0 bridgehead atoms. The summed E-state index contributed by atoms with van der Waals surface area (Å²) in [4.78, 5) is 24.6. The van der Waals surface area contributed by atoms with Gasteiger partial charge in [-0.25, -0.2) is 4.79 Å². The lowest BCUT2D eigenvalue weighted by molar-refractivity contribution is -0.131. The number of aromatic nitrogens is 2. The number of ether oxygens (including phenoxy) is 1. The van der Waals surface area contributed by atoms with Gasteiger partial charge in [-0.3, -0.25) is 9.48 Å². The van der Waals surface area contributed by atoms with Crippen molar-refractivity contribution in [2.75, 3.05) is 20.7 Å². The van der Waals surface area contributed by atoms with Crippen molar-refractivity contribution in [3.63, 3.8) is 0 Å². The van der Waals surface area contributed by atoms with Crippen LogP contribution in [0.15, 0.2) is 12.4 Å². The van der Waals surface area contributed by atoms with Gasteiger partial charge in [-0.05, 0) is 13.8 Å². The molecule has 6 heteroatoms. The lowest BCUT2D eigenvalue weighted by Crippen LogP contribution is -2.30. The Balaban J connectivity index is 2.81. The monoisotopic (exact) mass is 239 g/mol. The van der Waals surface area contributed by atoms with Gasteiger partial charge in [0.05, 0.1) is 18.4 Å². The van der Waals surface area contributed by atoms with Gasteiger partial charge < -0.3 is 9.64 Å². The van der Waals surface area contributed by atoms with E-state index in [1.165, 1.54) is 22.0 Å². The lowest BCUT2D eigenvalue weighted by atomic mass is 10.3. The van der Waals surface area contributed by atoms with Crippen LogP contribution in [0.4, 0.5) is 0 Å².